The summed E-state index contributed by atoms with van der Waals surface area (Å²) in [5.74, 6) is 1.06. The molecule has 6 heteroatoms. The van der Waals surface area contributed by atoms with E-state index in [1.165, 1.54) is 0 Å². The highest BCUT2D eigenvalue weighted by Crippen LogP contribution is 2.36. The number of esters is 1. The van der Waals surface area contributed by atoms with Crippen LogP contribution in [0.25, 0.3) is 11.3 Å². The van der Waals surface area contributed by atoms with Gasteiger partial charge in [0.1, 0.15) is 29.9 Å². The standard InChI is InChI=1S/C29H27N3O3/c1-2-34-29(33)24(18-21-13-7-4-8-14-21)31-28-23(17-20-11-5-3-6-12-20)30-27-22-15-9-10-16-26(22)35-19-25(27)32-28/h3-16,24H,2,17-19H2,1H3,(H,31,32)/t24-/m0/s1. The molecule has 0 bridgehead atoms. The normalized spacial score (nSPS) is 12.6. The van der Waals surface area contributed by atoms with Crippen LogP contribution in [0.3, 0.4) is 0 Å². The van der Waals surface area contributed by atoms with Gasteiger partial charge < -0.3 is 14.8 Å². The fourth-order valence-corrected chi connectivity index (χ4v) is 4.23. The molecular weight excluding hydrogens is 438 g/mol. The first-order valence-electron chi connectivity index (χ1n) is 11.8. The Hall–Kier alpha value is -4.19. The number of para-hydroxylation sites is 1. The number of nitrogens with one attached hydrogen (secondary N) is 1. The number of hydrogen-bond donors (Lipinski definition) is 1. The second kappa shape index (κ2) is 10.4. The third-order valence-electron chi connectivity index (χ3n) is 5.93. The average Bonchev–Trinajstić information content (AvgIpc) is 2.90. The third kappa shape index (κ3) is 5.17. The fraction of sp³-hybridized carbons (Fsp3) is 0.207. The number of benzene rings is 3. The van der Waals surface area contributed by atoms with Crippen LogP contribution in [-0.2, 0) is 29.0 Å². The minimum absolute atomic E-state index is 0.309. The van der Waals surface area contributed by atoms with Gasteiger partial charge in [-0.3, -0.25) is 0 Å². The first-order chi connectivity index (χ1) is 17.2. The molecule has 2 heterocycles. The fourth-order valence-electron chi connectivity index (χ4n) is 4.23. The van der Waals surface area contributed by atoms with E-state index in [2.05, 4.69) is 17.4 Å². The maximum atomic E-state index is 12.9. The van der Waals surface area contributed by atoms with E-state index in [1.807, 2.05) is 79.7 Å². The summed E-state index contributed by atoms with van der Waals surface area (Å²) in [5, 5.41) is 3.37. The van der Waals surface area contributed by atoms with Gasteiger partial charge in [-0.2, -0.15) is 0 Å². The first-order valence-corrected chi connectivity index (χ1v) is 11.8. The maximum absolute atomic E-state index is 12.9. The number of nitrogens with zero attached hydrogens (tertiary/aromatic N) is 2. The molecule has 0 radical (unpaired) electrons. The van der Waals surface area contributed by atoms with Gasteiger partial charge in [-0.25, -0.2) is 14.8 Å². The van der Waals surface area contributed by atoms with Crippen molar-refractivity contribution in [2.75, 3.05) is 11.9 Å². The van der Waals surface area contributed by atoms with Gasteiger partial charge in [0.05, 0.1) is 18.0 Å². The summed E-state index contributed by atoms with van der Waals surface area (Å²) >= 11 is 0. The number of carbonyl (C=O) groups is 1. The van der Waals surface area contributed by atoms with Crippen LogP contribution in [0.4, 0.5) is 5.82 Å². The van der Waals surface area contributed by atoms with Gasteiger partial charge >= 0.3 is 5.97 Å². The Kier molecular flexibility index (Phi) is 6.70. The van der Waals surface area contributed by atoms with Crippen LogP contribution in [-0.4, -0.2) is 28.6 Å². The lowest BCUT2D eigenvalue weighted by molar-refractivity contribution is -0.144. The highest BCUT2D eigenvalue weighted by Gasteiger charge is 2.26. The van der Waals surface area contributed by atoms with E-state index < -0.39 is 6.04 Å². The molecular formula is C29H27N3O3. The van der Waals surface area contributed by atoms with Crippen molar-refractivity contribution in [2.45, 2.75) is 32.4 Å². The Morgan fingerprint density at radius 1 is 0.943 bits per heavy atom. The van der Waals surface area contributed by atoms with E-state index in [9.17, 15) is 4.79 Å². The topological polar surface area (TPSA) is 73.3 Å². The molecule has 35 heavy (non-hydrogen) atoms. The zero-order valence-electron chi connectivity index (χ0n) is 19.6. The molecule has 3 aromatic carbocycles. The van der Waals surface area contributed by atoms with Gasteiger partial charge in [-0.1, -0.05) is 72.8 Å². The van der Waals surface area contributed by atoms with Crippen molar-refractivity contribution in [3.05, 3.63) is 107 Å². The van der Waals surface area contributed by atoms with Crippen molar-refractivity contribution in [3.63, 3.8) is 0 Å². The summed E-state index contributed by atoms with van der Waals surface area (Å²) in [5.41, 5.74) is 5.40. The molecule has 1 aliphatic rings. The van der Waals surface area contributed by atoms with Gasteiger partial charge in [0, 0.05) is 18.4 Å². The molecule has 0 saturated heterocycles. The Balaban J connectivity index is 1.55. The lowest BCUT2D eigenvalue weighted by Crippen LogP contribution is -2.34. The number of rotatable bonds is 8. The Morgan fingerprint density at radius 2 is 1.63 bits per heavy atom. The van der Waals surface area contributed by atoms with Gasteiger partial charge in [0.2, 0.25) is 0 Å². The predicted octanol–water partition coefficient (Wildman–Crippen LogP) is 5.21. The van der Waals surface area contributed by atoms with Crippen LogP contribution in [0, 0.1) is 0 Å². The van der Waals surface area contributed by atoms with Gasteiger partial charge in [-0.15, -0.1) is 0 Å². The molecule has 5 rings (SSSR count). The molecule has 1 aliphatic heterocycles. The largest absolute Gasteiger partial charge is 0.487 e. The van der Waals surface area contributed by atoms with Crippen LogP contribution >= 0.6 is 0 Å². The van der Waals surface area contributed by atoms with Crippen molar-refractivity contribution in [1.82, 2.24) is 9.97 Å². The number of ether oxygens (including phenoxy) is 2. The van der Waals surface area contributed by atoms with Crippen LogP contribution in [0.15, 0.2) is 84.9 Å². The van der Waals surface area contributed by atoms with Crippen LogP contribution < -0.4 is 10.1 Å². The highest BCUT2D eigenvalue weighted by atomic mass is 16.5. The SMILES string of the molecule is CCOC(=O)[C@H](Cc1ccccc1)Nc1nc2c(nc1Cc1ccccc1)-c1ccccc1OC2. The van der Waals surface area contributed by atoms with E-state index in [-0.39, 0.29) is 5.97 Å². The molecule has 0 unspecified atom stereocenters. The quantitative estimate of drug-likeness (QED) is 0.360. The van der Waals surface area contributed by atoms with E-state index in [0.29, 0.717) is 31.9 Å². The van der Waals surface area contributed by atoms with E-state index in [4.69, 9.17) is 19.4 Å². The molecule has 0 fully saturated rings. The van der Waals surface area contributed by atoms with Crippen molar-refractivity contribution < 1.29 is 14.3 Å². The molecule has 0 amide bonds. The van der Waals surface area contributed by atoms with Crippen LogP contribution in [0.2, 0.25) is 0 Å². The molecule has 0 aliphatic carbocycles. The lowest BCUT2D eigenvalue weighted by Gasteiger charge is -2.24. The Bertz CT molecular complexity index is 1310. The van der Waals surface area contributed by atoms with Crippen LogP contribution in [0.1, 0.15) is 29.4 Å². The summed E-state index contributed by atoms with van der Waals surface area (Å²) in [6.07, 6.45) is 1.05. The molecule has 4 aromatic rings. The minimum atomic E-state index is -0.601. The van der Waals surface area contributed by atoms with E-state index in [1.54, 1.807) is 0 Å². The molecule has 1 N–H and O–H groups in total. The van der Waals surface area contributed by atoms with Crippen molar-refractivity contribution >= 4 is 11.8 Å². The zero-order valence-corrected chi connectivity index (χ0v) is 19.6. The van der Waals surface area contributed by atoms with Gasteiger partial charge in [-0.05, 0) is 30.2 Å². The number of carbonyl (C=O) groups excluding carboxylic acids is 1. The summed E-state index contributed by atoms with van der Waals surface area (Å²) in [7, 11) is 0. The molecule has 0 saturated carbocycles. The van der Waals surface area contributed by atoms with Crippen molar-refractivity contribution in [1.29, 1.82) is 0 Å². The number of hydrogen-bond acceptors (Lipinski definition) is 6. The van der Waals surface area contributed by atoms with Crippen molar-refractivity contribution in [2.24, 2.45) is 0 Å². The zero-order chi connectivity index (χ0) is 24.0. The predicted molar refractivity (Wildman–Crippen MR) is 135 cm³/mol. The molecule has 6 nitrogen and oxygen atoms in total. The first kappa shape index (κ1) is 22.6. The number of fused-ring (bicyclic) bond motifs is 3. The van der Waals surface area contributed by atoms with E-state index in [0.717, 1.165) is 39.5 Å². The number of anilines is 1. The second-order valence-electron chi connectivity index (χ2n) is 8.40. The molecule has 0 spiro atoms. The minimum Gasteiger partial charge on any atom is -0.487 e. The number of aromatic nitrogens is 2. The molecule has 1 atom stereocenters. The van der Waals surface area contributed by atoms with Crippen molar-refractivity contribution in [3.8, 4) is 17.0 Å². The molecule has 1 aromatic heterocycles. The maximum Gasteiger partial charge on any atom is 0.328 e. The van der Waals surface area contributed by atoms with E-state index >= 15 is 0 Å². The van der Waals surface area contributed by atoms with Gasteiger partial charge in [0.25, 0.3) is 0 Å². The van der Waals surface area contributed by atoms with Gasteiger partial charge in [0.15, 0.2) is 0 Å². The Labute approximate surface area is 205 Å². The average molecular weight is 466 g/mol. The smallest absolute Gasteiger partial charge is 0.328 e. The summed E-state index contributed by atoms with van der Waals surface area (Å²) in [6, 6.07) is 27.3. The van der Waals surface area contributed by atoms with Crippen LogP contribution in [0.5, 0.6) is 5.75 Å². The summed E-state index contributed by atoms with van der Waals surface area (Å²) < 4.78 is 11.3. The highest BCUT2D eigenvalue weighted by molar-refractivity contribution is 5.80. The monoisotopic (exact) mass is 465 g/mol. The lowest BCUT2D eigenvalue weighted by atomic mass is 10.0. The second-order valence-corrected chi connectivity index (χ2v) is 8.40. The Morgan fingerprint density at radius 3 is 2.37 bits per heavy atom. The summed E-state index contributed by atoms with van der Waals surface area (Å²) in [6.45, 7) is 2.44. The third-order valence-corrected chi connectivity index (χ3v) is 5.93. The summed E-state index contributed by atoms with van der Waals surface area (Å²) in [4.78, 5) is 22.9. The molecule has 176 valence electrons.